The fraction of sp³-hybridized carbons (Fsp3) is 0.417. The van der Waals surface area contributed by atoms with E-state index >= 15 is 0 Å². The first-order valence-corrected chi connectivity index (χ1v) is 5.17. The van der Waals surface area contributed by atoms with Crippen molar-refractivity contribution in [3.8, 4) is 0 Å². The van der Waals surface area contributed by atoms with E-state index in [0.717, 1.165) is 18.6 Å². The Balaban J connectivity index is 3.01. The molecule has 0 saturated carbocycles. The number of halogens is 2. The van der Waals surface area contributed by atoms with Crippen LogP contribution in [0, 0.1) is 11.6 Å². The highest BCUT2D eigenvalue weighted by Crippen LogP contribution is 2.18. The first-order chi connectivity index (χ1) is 7.38. The molecule has 0 radical (unpaired) electrons. The molecule has 1 rings (SSSR count). The lowest BCUT2D eigenvalue weighted by Gasteiger charge is -2.22. The molecule has 1 aromatic rings. The zero-order chi connectivity index (χ0) is 12.3. The Morgan fingerprint density at radius 3 is 2.50 bits per heavy atom. The van der Waals surface area contributed by atoms with Crippen molar-refractivity contribution in [2.24, 2.45) is 5.73 Å². The Morgan fingerprint density at radius 1 is 1.38 bits per heavy atom. The van der Waals surface area contributed by atoms with Crippen LogP contribution < -0.4 is 5.73 Å². The van der Waals surface area contributed by atoms with Gasteiger partial charge in [-0.25, -0.2) is 8.78 Å². The molecule has 2 nitrogen and oxygen atoms in total. The van der Waals surface area contributed by atoms with Crippen molar-refractivity contribution in [3.63, 3.8) is 0 Å². The number of rotatable bonds is 4. The number of hydrogen-bond donors (Lipinski definition) is 1. The summed E-state index contributed by atoms with van der Waals surface area (Å²) in [6.45, 7) is 3.50. The Morgan fingerprint density at radius 2 is 2.00 bits per heavy atom. The molecule has 0 fully saturated rings. The molecule has 0 amide bonds. The minimum absolute atomic E-state index is 0.109. The van der Waals surface area contributed by atoms with Gasteiger partial charge in [0.1, 0.15) is 0 Å². The molecular weight excluding hydrogens is 212 g/mol. The summed E-state index contributed by atoms with van der Waals surface area (Å²) in [4.78, 5) is 11.9. The van der Waals surface area contributed by atoms with Crippen molar-refractivity contribution in [2.75, 3.05) is 0 Å². The number of hydrogen-bond acceptors (Lipinski definition) is 2. The van der Waals surface area contributed by atoms with Crippen LogP contribution in [-0.4, -0.2) is 11.3 Å². The van der Waals surface area contributed by atoms with E-state index in [2.05, 4.69) is 0 Å². The van der Waals surface area contributed by atoms with Crippen LogP contribution in [0.5, 0.6) is 0 Å². The van der Waals surface area contributed by atoms with Crippen LogP contribution in [-0.2, 0) is 0 Å². The molecular formula is C12H15F2NO. The van der Waals surface area contributed by atoms with E-state index in [1.54, 1.807) is 6.92 Å². The molecule has 88 valence electrons. The molecule has 0 aromatic heterocycles. The van der Waals surface area contributed by atoms with Crippen LogP contribution in [0.15, 0.2) is 18.2 Å². The molecule has 0 aliphatic carbocycles. The number of benzene rings is 1. The molecule has 1 unspecified atom stereocenters. The highest BCUT2D eigenvalue weighted by molar-refractivity contribution is 6.02. The van der Waals surface area contributed by atoms with Crippen molar-refractivity contribution < 1.29 is 13.6 Å². The van der Waals surface area contributed by atoms with Gasteiger partial charge in [0.25, 0.3) is 0 Å². The number of carbonyl (C=O) groups is 1. The number of ketones is 1. The lowest BCUT2D eigenvalue weighted by Crippen LogP contribution is -2.44. The third kappa shape index (κ3) is 2.64. The fourth-order valence-corrected chi connectivity index (χ4v) is 1.60. The van der Waals surface area contributed by atoms with Crippen LogP contribution in [0.4, 0.5) is 8.78 Å². The van der Waals surface area contributed by atoms with Gasteiger partial charge < -0.3 is 5.73 Å². The minimum Gasteiger partial charge on any atom is -0.319 e. The lowest BCUT2D eigenvalue weighted by molar-refractivity contribution is 0.0892. The Bertz CT molecular complexity index is 402. The maximum absolute atomic E-state index is 12.9. The van der Waals surface area contributed by atoms with Crippen molar-refractivity contribution in [1.29, 1.82) is 0 Å². The monoisotopic (exact) mass is 227 g/mol. The molecule has 0 bridgehead atoms. The van der Waals surface area contributed by atoms with Crippen molar-refractivity contribution in [1.82, 2.24) is 0 Å². The summed E-state index contributed by atoms with van der Waals surface area (Å²) in [6, 6.07) is 3.07. The van der Waals surface area contributed by atoms with Gasteiger partial charge >= 0.3 is 0 Å². The van der Waals surface area contributed by atoms with Gasteiger partial charge in [-0.1, -0.05) is 13.3 Å². The van der Waals surface area contributed by atoms with E-state index in [4.69, 9.17) is 5.73 Å². The van der Waals surface area contributed by atoms with Gasteiger partial charge in [0.05, 0.1) is 5.54 Å². The summed E-state index contributed by atoms with van der Waals surface area (Å²) in [6.07, 6.45) is 1.26. The van der Waals surface area contributed by atoms with Gasteiger partial charge in [-0.3, -0.25) is 4.79 Å². The smallest absolute Gasteiger partial charge is 0.182 e. The Hall–Kier alpha value is -1.29. The van der Waals surface area contributed by atoms with E-state index in [-0.39, 0.29) is 11.3 Å². The topological polar surface area (TPSA) is 43.1 Å². The molecule has 1 aromatic carbocycles. The number of Topliss-reactive ketones (excluding diaryl/α,β-unsaturated/α-hetero) is 1. The third-order valence-corrected chi connectivity index (χ3v) is 2.47. The first kappa shape index (κ1) is 12.8. The Kier molecular flexibility index (Phi) is 3.75. The summed E-state index contributed by atoms with van der Waals surface area (Å²) in [5.74, 6) is -2.36. The van der Waals surface area contributed by atoms with E-state index in [1.165, 1.54) is 6.07 Å². The quantitative estimate of drug-likeness (QED) is 0.803. The van der Waals surface area contributed by atoms with Crippen LogP contribution in [0.2, 0.25) is 0 Å². The second kappa shape index (κ2) is 4.70. The highest BCUT2D eigenvalue weighted by Gasteiger charge is 2.28. The molecule has 0 aliphatic rings. The molecule has 0 spiro atoms. The second-order valence-electron chi connectivity index (χ2n) is 4.13. The summed E-state index contributed by atoms with van der Waals surface area (Å²) in [5.41, 5.74) is 4.91. The summed E-state index contributed by atoms with van der Waals surface area (Å²) in [5, 5.41) is 0. The molecule has 1 atom stereocenters. The van der Waals surface area contributed by atoms with Gasteiger partial charge in [-0.15, -0.1) is 0 Å². The number of carbonyl (C=O) groups excluding carboxylic acids is 1. The van der Waals surface area contributed by atoms with Crippen molar-refractivity contribution in [3.05, 3.63) is 35.4 Å². The molecule has 4 heteroatoms. The average Bonchev–Trinajstić information content (AvgIpc) is 2.21. The zero-order valence-electron chi connectivity index (χ0n) is 9.39. The van der Waals surface area contributed by atoms with Gasteiger partial charge in [0.2, 0.25) is 0 Å². The van der Waals surface area contributed by atoms with Gasteiger partial charge in [-0.05, 0) is 31.5 Å². The van der Waals surface area contributed by atoms with Crippen LogP contribution in [0.3, 0.4) is 0 Å². The highest BCUT2D eigenvalue weighted by atomic mass is 19.2. The second-order valence-corrected chi connectivity index (χ2v) is 4.13. The van der Waals surface area contributed by atoms with E-state index < -0.39 is 17.2 Å². The third-order valence-electron chi connectivity index (χ3n) is 2.47. The molecule has 0 heterocycles. The predicted octanol–water partition coefficient (Wildman–Crippen LogP) is 2.67. The molecule has 16 heavy (non-hydrogen) atoms. The van der Waals surface area contributed by atoms with E-state index in [1.807, 2.05) is 6.92 Å². The standard InChI is InChI=1S/C12H15F2NO/c1-3-6-12(2,15)11(16)8-4-5-9(13)10(14)7-8/h4-5,7H,3,6,15H2,1-2H3. The first-order valence-electron chi connectivity index (χ1n) is 5.17. The number of nitrogens with two attached hydrogens (primary N) is 1. The maximum atomic E-state index is 12.9. The summed E-state index contributed by atoms with van der Waals surface area (Å²) < 4.78 is 25.6. The molecule has 0 saturated heterocycles. The molecule has 0 aliphatic heterocycles. The Labute approximate surface area is 93.5 Å². The summed E-state index contributed by atoms with van der Waals surface area (Å²) in [7, 11) is 0. The zero-order valence-corrected chi connectivity index (χ0v) is 9.39. The van der Waals surface area contributed by atoms with Crippen LogP contribution >= 0.6 is 0 Å². The van der Waals surface area contributed by atoms with Crippen LogP contribution in [0.1, 0.15) is 37.0 Å². The van der Waals surface area contributed by atoms with Gasteiger partial charge in [-0.2, -0.15) is 0 Å². The van der Waals surface area contributed by atoms with Gasteiger partial charge in [0.15, 0.2) is 17.4 Å². The maximum Gasteiger partial charge on any atom is 0.182 e. The largest absolute Gasteiger partial charge is 0.319 e. The van der Waals surface area contributed by atoms with Crippen molar-refractivity contribution >= 4 is 5.78 Å². The van der Waals surface area contributed by atoms with Crippen molar-refractivity contribution in [2.45, 2.75) is 32.2 Å². The SMILES string of the molecule is CCCC(C)(N)C(=O)c1ccc(F)c(F)c1. The fourth-order valence-electron chi connectivity index (χ4n) is 1.60. The van der Waals surface area contributed by atoms with Crippen LogP contribution in [0.25, 0.3) is 0 Å². The van der Waals surface area contributed by atoms with E-state index in [9.17, 15) is 13.6 Å². The predicted molar refractivity (Wildman–Crippen MR) is 58.2 cm³/mol. The van der Waals surface area contributed by atoms with E-state index in [0.29, 0.717) is 6.42 Å². The normalized spacial score (nSPS) is 14.6. The average molecular weight is 227 g/mol. The van der Waals surface area contributed by atoms with Gasteiger partial charge in [0, 0.05) is 5.56 Å². The minimum atomic E-state index is -1.03. The summed E-state index contributed by atoms with van der Waals surface area (Å²) >= 11 is 0. The molecule has 2 N–H and O–H groups in total. The lowest BCUT2D eigenvalue weighted by atomic mass is 9.88.